The van der Waals surface area contributed by atoms with E-state index in [2.05, 4.69) is 39.4 Å². The van der Waals surface area contributed by atoms with E-state index in [0.29, 0.717) is 5.69 Å². The van der Waals surface area contributed by atoms with Gasteiger partial charge in [0.15, 0.2) is 0 Å². The van der Waals surface area contributed by atoms with E-state index >= 15 is 0 Å². The van der Waals surface area contributed by atoms with Gasteiger partial charge in [-0.3, -0.25) is 4.90 Å². The Hall–Kier alpha value is -2.89. The lowest BCUT2D eigenvalue weighted by Crippen LogP contribution is -2.47. The van der Waals surface area contributed by atoms with Crippen molar-refractivity contribution in [2.45, 2.75) is 6.04 Å². The Bertz CT molecular complexity index is 904. The quantitative estimate of drug-likeness (QED) is 0.568. The minimum Gasteiger partial charge on any atom is -0.383 e. The zero-order valence-corrected chi connectivity index (χ0v) is 18.0. The molecule has 4 rings (SSSR count). The molecule has 1 N–H and O–H groups in total. The first kappa shape index (κ1) is 21.3. The fourth-order valence-electron chi connectivity index (χ4n) is 4.08. The van der Waals surface area contributed by atoms with Crippen LogP contribution in [0.1, 0.15) is 17.2 Å². The molecule has 0 spiro atoms. The van der Waals surface area contributed by atoms with Gasteiger partial charge in [-0.15, -0.1) is 0 Å². The molecule has 0 unspecified atom stereocenters. The summed E-state index contributed by atoms with van der Waals surface area (Å²) in [6.07, 6.45) is 0. The lowest BCUT2D eigenvalue weighted by atomic mass is 9.98. The lowest BCUT2D eigenvalue weighted by molar-refractivity contribution is 0.144. The van der Waals surface area contributed by atoms with Crippen molar-refractivity contribution in [3.05, 3.63) is 95.8 Å². The highest BCUT2D eigenvalue weighted by atomic mass is 19.1. The third-order valence-corrected chi connectivity index (χ3v) is 5.86. The van der Waals surface area contributed by atoms with Crippen LogP contribution in [0.5, 0.6) is 0 Å². The molecule has 0 amide bonds. The molecule has 1 heterocycles. The van der Waals surface area contributed by atoms with Crippen molar-refractivity contribution in [2.75, 3.05) is 56.7 Å². The molecule has 0 radical (unpaired) electrons. The smallest absolute Gasteiger partial charge is 0.146 e. The van der Waals surface area contributed by atoms with Gasteiger partial charge in [0.2, 0.25) is 0 Å². The third kappa shape index (κ3) is 5.43. The van der Waals surface area contributed by atoms with E-state index in [1.807, 2.05) is 48.5 Å². The van der Waals surface area contributed by atoms with Gasteiger partial charge in [0.25, 0.3) is 0 Å². The van der Waals surface area contributed by atoms with Gasteiger partial charge in [0.05, 0.1) is 18.3 Å². The summed E-state index contributed by atoms with van der Waals surface area (Å²) in [6.45, 7) is 5.53. The molecule has 3 aromatic rings. The first-order valence-electron chi connectivity index (χ1n) is 10.9. The van der Waals surface area contributed by atoms with E-state index in [-0.39, 0.29) is 11.9 Å². The van der Waals surface area contributed by atoms with Crippen molar-refractivity contribution < 1.29 is 9.13 Å². The summed E-state index contributed by atoms with van der Waals surface area (Å²) in [7, 11) is 1.74. The topological polar surface area (TPSA) is 27.7 Å². The highest BCUT2D eigenvalue weighted by molar-refractivity contribution is 5.61. The number of anilines is 2. The Kier molecular flexibility index (Phi) is 7.18. The van der Waals surface area contributed by atoms with Crippen LogP contribution >= 0.6 is 0 Å². The van der Waals surface area contributed by atoms with Crippen LogP contribution in [0.2, 0.25) is 0 Å². The van der Waals surface area contributed by atoms with Crippen molar-refractivity contribution in [3.63, 3.8) is 0 Å². The number of rotatable bonds is 8. The van der Waals surface area contributed by atoms with Gasteiger partial charge < -0.3 is 15.0 Å². The van der Waals surface area contributed by atoms with Gasteiger partial charge >= 0.3 is 0 Å². The normalized spacial score (nSPS) is 14.7. The number of methoxy groups -OCH3 is 1. The average Bonchev–Trinajstić information content (AvgIpc) is 2.83. The lowest BCUT2D eigenvalue weighted by Gasteiger charge is -2.36. The van der Waals surface area contributed by atoms with Gasteiger partial charge in [-0.05, 0) is 29.3 Å². The van der Waals surface area contributed by atoms with Crippen LogP contribution in [0, 0.1) is 5.82 Å². The molecule has 0 bridgehead atoms. The molecule has 1 aliphatic heterocycles. The van der Waals surface area contributed by atoms with Crippen LogP contribution in [0.3, 0.4) is 0 Å². The van der Waals surface area contributed by atoms with E-state index in [1.54, 1.807) is 13.2 Å². The summed E-state index contributed by atoms with van der Waals surface area (Å²) in [5, 5.41) is 3.47. The number of halogens is 1. The van der Waals surface area contributed by atoms with Crippen LogP contribution in [0.15, 0.2) is 78.9 Å². The molecular weight excluding hydrogens is 389 g/mol. The highest BCUT2D eigenvalue weighted by Gasteiger charge is 2.20. The molecule has 4 nitrogen and oxygen atoms in total. The molecule has 5 heteroatoms. The predicted molar refractivity (Wildman–Crippen MR) is 125 cm³/mol. The molecule has 1 saturated heterocycles. The Morgan fingerprint density at radius 1 is 0.871 bits per heavy atom. The van der Waals surface area contributed by atoms with Crippen molar-refractivity contribution in [1.82, 2.24) is 4.90 Å². The molecule has 0 saturated carbocycles. The third-order valence-electron chi connectivity index (χ3n) is 5.86. The molecule has 0 aromatic heterocycles. The first-order valence-corrected chi connectivity index (χ1v) is 10.9. The van der Waals surface area contributed by atoms with E-state index in [1.165, 1.54) is 0 Å². The molecular formula is C26H30FN3O. The van der Waals surface area contributed by atoms with Crippen molar-refractivity contribution in [1.29, 1.82) is 0 Å². The zero-order chi connectivity index (χ0) is 21.5. The number of nitrogens with zero attached hydrogens (tertiary/aromatic N) is 2. The fraction of sp³-hybridized carbons (Fsp3) is 0.308. The maximum Gasteiger partial charge on any atom is 0.146 e. The van der Waals surface area contributed by atoms with Gasteiger partial charge in [-0.25, -0.2) is 4.39 Å². The van der Waals surface area contributed by atoms with E-state index < -0.39 is 0 Å². The fourth-order valence-corrected chi connectivity index (χ4v) is 4.08. The van der Waals surface area contributed by atoms with Gasteiger partial charge in [0.1, 0.15) is 5.82 Å². The molecule has 3 aromatic carbocycles. The Labute approximate surface area is 184 Å². The summed E-state index contributed by atoms with van der Waals surface area (Å²) < 4.78 is 20.0. The van der Waals surface area contributed by atoms with Gasteiger partial charge in [-0.1, -0.05) is 60.7 Å². The van der Waals surface area contributed by atoms with Gasteiger partial charge in [-0.2, -0.15) is 0 Å². The van der Waals surface area contributed by atoms with Crippen molar-refractivity contribution in [2.24, 2.45) is 0 Å². The molecule has 31 heavy (non-hydrogen) atoms. The zero-order valence-electron chi connectivity index (χ0n) is 18.0. The minimum absolute atomic E-state index is 0.127. The summed E-state index contributed by atoms with van der Waals surface area (Å²) in [6, 6.07) is 25.6. The van der Waals surface area contributed by atoms with E-state index in [0.717, 1.165) is 56.1 Å². The highest BCUT2D eigenvalue weighted by Crippen LogP contribution is 2.30. The second-order valence-corrected chi connectivity index (χ2v) is 7.88. The standard InChI is InChI=1S/C26H30FN3O/c1-31-19-18-29-14-16-30(17-15-29)23-12-13-24(27)25(20-23)28-26(21-8-4-2-5-9-21)22-10-6-3-7-11-22/h2-13,20,26,28H,14-19H2,1H3. The number of ether oxygens (including phenoxy) is 1. The second kappa shape index (κ2) is 10.4. The molecule has 1 aliphatic rings. The molecule has 0 atom stereocenters. The minimum atomic E-state index is -0.237. The number of piperazine rings is 1. The molecule has 1 fully saturated rings. The monoisotopic (exact) mass is 419 g/mol. The van der Waals surface area contributed by atoms with E-state index in [4.69, 9.17) is 4.74 Å². The van der Waals surface area contributed by atoms with Crippen LogP contribution in [0.25, 0.3) is 0 Å². The van der Waals surface area contributed by atoms with Crippen LogP contribution < -0.4 is 10.2 Å². The number of nitrogens with one attached hydrogen (secondary N) is 1. The maximum absolute atomic E-state index is 14.8. The Balaban J connectivity index is 1.54. The van der Waals surface area contributed by atoms with E-state index in [9.17, 15) is 4.39 Å². The van der Waals surface area contributed by atoms with Crippen LogP contribution in [-0.2, 0) is 4.74 Å². The van der Waals surface area contributed by atoms with Crippen LogP contribution in [-0.4, -0.2) is 51.3 Å². The maximum atomic E-state index is 14.8. The summed E-state index contributed by atoms with van der Waals surface area (Å²) in [4.78, 5) is 4.73. The predicted octanol–water partition coefficient (Wildman–Crippen LogP) is 4.80. The summed E-state index contributed by atoms with van der Waals surface area (Å²) in [5.41, 5.74) is 3.78. The summed E-state index contributed by atoms with van der Waals surface area (Å²) in [5.74, 6) is -0.237. The second-order valence-electron chi connectivity index (χ2n) is 7.88. The number of hydrogen-bond donors (Lipinski definition) is 1. The SMILES string of the molecule is COCCN1CCN(c2ccc(F)c(NC(c3ccccc3)c3ccccc3)c2)CC1. The van der Waals surface area contributed by atoms with Crippen molar-refractivity contribution in [3.8, 4) is 0 Å². The largest absolute Gasteiger partial charge is 0.383 e. The van der Waals surface area contributed by atoms with Crippen LogP contribution in [0.4, 0.5) is 15.8 Å². The average molecular weight is 420 g/mol. The summed E-state index contributed by atoms with van der Waals surface area (Å²) >= 11 is 0. The van der Waals surface area contributed by atoms with Crippen molar-refractivity contribution >= 4 is 11.4 Å². The number of benzene rings is 3. The van der Waals surface area contributed by atoms with Gasteiger partial charge in [0, 0.05) is 45.5 Å². The number of hydrogen-bond acceptors (Lipinski definition) is 4. The Morgan fingerprint density at radius 3 is 2.06 bits per heavy atom. The molecule has 162 valence electrons. The Morgan fingerprint density at radius 2 is 1.48 bits per heavy atom. The molecule has 0 aliphatic carbocycles. The first-order chi connectivity index (χ1) is 15.2.